The molecular formula is C23H24ClN5O5S. The Morgan fingerprint density at radius 2 is 1.80 bits per heavy atom. The molecule has 0 radical (unpaired) electrons. The number of piperazine rings is 1. The molecule has 10 nitrogen and oxygen atoms in total. The fourth-order valence-corrected chi connectivity index (χ4v) is 6.02. The Kier molecular flexibility index (Phi) is 6.04. The monoisotopic (exact) mass is 517 g/mol. The number of nitrogens with zero attached hydrogens (tertiary/aromatic N) is 5. The van der Waals surface area contributed by atoms with Crippen LogP contribution >= 0.6 is 11.6 Å². The van der Waals surface area contributed by atoms with Gasteiger partial charge in [0.25, 0.3) is 5.91 Å². The number of imidazole rings is 1. The van der Waals surface area contributed by atoms with Crippen LogP contribution in [0.15, 0.2) is 47.6 Å². The predicted molar refractivity (Wildman–Crippen MR) is 128 cm³/mol. The number of benzene rings is 2. The number of carbonyl (C=O) groups is 2. The van der Waals surface area contributed by atoms with Crippen molar-refractivity contribution in [1.29, 1.82) is 0 Å². The summed E-state index contributed by atoms with van der Waals surface area (Å²) < 4.78 is 27.3. The highest BCUT2D eigenvalue weighted by molar-refractivity contribution is 7.91. The molecule has 0 aliphatic carbocycles. The maximum Gasteiger partial charge on any atom is 0.344 e. The van der Waals surface area contributed by atoms with Crippen LogP contribution in [-0.2, 0) is 21.2 Å². The maximum absolute atomic E-state index is 12.9. The van der Waals surface area contributed by atoms with Crippen molar-refractivity contribution in [2.24, 2.45) is 0 Å². The molecule has 0 bridgehead atoms. The Morgan fingerprint density at radius 1 is 1.11 bits per heavy atom. The maximum atomic E-state index is 12.9. The van der Waals surface area contributed by atoms with Crippen LogP contribution < -0.4 is 0 Å². The third kappa shape index (κ3) is 4.40. The van der Waals surface area contributed by atoms with Crippen molar-refractivity contribution in [3.8, 4) is 0 Å². The predicted octanol–water partition coefficient (Wildman–Crippen LogP) is 1.68. The second-order valence-electron chi connectivity index (χ2n) is 8.72. The molecule has 1 atom stereocenters. The highest BCUT2D eigenvalue weighted by Crippen LogP contribution is 2.25. The number of aliphatic hydroxyl groups excluding tert-OH is 1. The highest BCUT2D eigenvalue weighted by atomic mass is 35.5. The largest absolute Gasteiger partial charge is 0.382 e. The van der Waals surface area contributed by atoms with Crippen molar-refractivity contribution in [3.05, 3.63) is 59.1 Å². The first kappa shape index (κ1) is 23.7. The SMILES string of the molecule is Cc1ncn2c1CN(N1CCN(C(=O)[C@H](O)CS(=O)(=O)c3ccc4cc(Cl)ccc4c3)CC1)C2=O. The van der Waals surface area contributed by atoms with Crippen molar-refractivity contribution < 1.29 is 23.1 Å². The number of hydrazine groups is 1. The molecule has 184 valence electrons. The molecule has 35 heavy (non-hydrogen) atoms. The number of aliphatic hydroxyl groups is 1. The van der Waals surface area contributed by atoms with E-state index in [0.717, 1.165) is 16.8 Å². The minimum Gasteiger partial charge on any atom is -0.382 e. The van der Waals surface area contributed by atoms with Crippen LogP contribution in [0.2, 0.25) is 5.02 Å². The zero-order valence-corrected chi connectivity index (χ0v) is 20.5. The van der Waals surface area contributed by atoms with Crippen LogP contribution in [0.25, 0.3) is 10.8 Å². The fraction of sp³-hybridized carbons (Fsp3) is 0.348. The van der Waals surface area contributed by atoms with E-state index in [1.807, 2.05) is 11.9 Å². The number of hydrogen-bond acceptors (Lipinski definition) is 7. The van der Waals surface area contributed by atoms with E-state index >= 15 is 0 Å². The van der Waals surface area contributed by atoms with E-state index < -0.39 is 27.6 Å². The summed E-state index contributed by atoms with van der Waals surface area (Å²) in [6.45, 7) is 3.58. The van der Waals surface area contributed by atoms with Crippen molar-refractivity contribution in [1.82, 2.24) is 24.5 Å². The average molecular weight is 518 g/mol. The fourth-order valence-electron chi connectivity index (χ4n) is 4.51. The van der Waals surface area contributed by atoms with E-state index in [4.69, 9.17) is 11.6 Å². The molecule has 1 fully saturated rings. The second-order valence-corrected chi connectivity index (χ2v) is 11.2. The van der Waals surface area contributed by atoms with Gasteiger partial charge in [-0.15, -0.1) is 0 Å². The number of hydrogen-bond donors (Lipinski definition) is 1. The zero-order chi connectivity index (χ0) is 24.9. The van der Waals surface area contributed by atoms with Crippen molar-refractivity contribution in [2.45, 2.75) is 24.5 Å². The molecule has 2 aliphatic rings. The van der Waals surface area contributed by atoms with Gasteiger partial charge in [-0.2, -0.15) is 0 Å². The van der Waals surface area contributed by atoms with Crippen LogP contribution in [0.1, 0.15) is 11.4 Å². The minimum absolute atomic E-state index is 0.0326. The van der Waals surface area contributed by atoms with Gasteiger partial charge >= 0.3 is 6.03 Å². The summed E-state index contributed by atoms with van der Waals surface area (Å²) in [5.41, 5.74) is 1.64. The summed E-state index contributed by atoms with van der Waals surface area (Å²) in [6.07, 6.45) is -0.177. The Hall–Kier alpha value is -2.99. The molecule has 2 aromatic carbocycles. The number of amides is 2. The number of fused-ring (bicyclic) bond motifs is 2. The first-order valence-corrected chi connectivity index (χ1v) is 13.2. The van der Waals surface area contributed by atoms with E-state index in [1.165, 1.54) is 27.9 Å². The van der Waals surface area contributed by atoms with Gasteiger partial charge in [0.2, 0.25) is 0 Å². The Labute approximate surface area is 207 Å². The Bertz CT molecular complexity index is 1430. The third-order valence-corrected chi connectivity index (χ3v) is 8.47. The van der Waals surface area contributed by atoms with Gasteiger partial charge in [0.15, 0.2) is 9.84 Å². The quantitative estimate of drug-likeness (QED) is 0.547. The normalized spacial score (nSPS) is 17.7. The van der Waals surface area contributed by atoms with E-state index in [9.17, 15) is 23.1 Å². The molecule has 2 amide bonds. The highest BCUT2D eigenvalue weighted by Gasteiger charge is 2.36. The number of carbonyl (C=O) groups excluding carboxylic acids is 2. The van der Waals surface area contributed by atoms with Gasteiger partial charge in [-0.1, -0.05) is 23.7 Å². The third-order valence-electron chi connectivity index (χ3n) is 6.51. The standard InChI is InChI=1S/C23H24ClN5O5S/c1-15-20-12-29(23(32)28(20)14-25-15)27-8-6-26(7-9-27)22(31)21(30)13-35(33,34)19-5-3-16-10-18(24)4-2-17(16)11-19/h2-5,10-11,14,21,30H,6-9,12-13H2,1H3/t21-/m1/s1. The summed E-state index contributed by atoms with van der Waals surface area (Å²) >= 11 is 5.98. The van der Waals surface area contributed by atoms with Crippen molar-refractivity contribution in [3.63, 3.8) is 0 Å². The van der Waals surface area contributed by atoms with Crippen LogP contribution in [0.4, 0.5) is 4.79 Å². The topological polar surface area (TPSA) is 116 Å². The van der Waals surface area contributed by atoms with Gasteiger partial charge in [0.05, 0.1) is 28.6 Å². The van der Waals surface area contributed by atoms with E-state index in [1.54, 1.807) is 29.3 Å². The zero-order valence-electron chi connectivity index (χ0n) is 19.0. The summed E-state index contributed by atoms with van der Waals surface area (Å²) in [5.74, 6) is -1.35. The smallest absolute Gasteiger partial charge is 0.344 e. The molecule has 3 aromatic rings. The van der Waals surface area contributed by atoms with Gasteiger partial charge in [0.1, 0.15) is 12.4 Å². The summed E-state index contributed by atoms with van der Waals surface area (Å²) in [6, 6.07) is 9.54. The summed E-state index contributed by atoms with van der Waals surface area (Å²) in [5, 5.41) is 16.0. The molecule has 1 saturated heterocycles. The van der Waals surface area contributed by atoms with E-state index in [0.29, 0.717) is 30.0 Å². The number of aromatic nitrogens is 2. The summed E-state index contributed by atoms with van der Waals surface area (Å²) in [7, 11) is -3.91. The first-order chi connectivity index (χ1) is 16.6. The molecule has 12 heteroatoms. The molecule has 0 saturated carbocycles. The molecule has 1 aromatic heterocycles. The van der Waals surface area contributed by atoms with Crippen LogP contribution in [0.3, 0.4) is 0 Å². The van der Waals surface area contributed by atoms with Gasteiger partial charge in [-0.3, -0.25) is 14.4 Å². The second kappa shape index (κ2) is 8.90. The summed E-state index contributed by atoms with van der Waals surface area (Å²) in [4.78, 5) is 31.1. The molecule has 1 N–H and O–H groups in total. The van der Waals surface area contributed by atoms with E-state index in [2.05, 4.69) is 4.98 Å². The Balaban J connectivity index is 1.20. The lowest BCUT2D eigenvalue weighted by Crippen LogP contribution is -2.57. The van der Waals surface area contributed by atoms with Crippen LogP contribution in [-0.4, -0.2) is 88.0 Å². The first-order valence-electron chi connectivity index (χ1n) is 11.1. The molecule has 3 heterocycles. The minimum atomic E-state index is -3.91. The van der Waals surface area contributed by atoms with Crippen LogP contribution in [0.5, 0.6) is 0 Å². The van der Waals surface area contributed by atoms with Gasteiger partial charge in [-0.25, -0.2) is 23.2 Å². The Morgan fingerprint density at radius 3 is 2.51 bits per heavy atom. The molecule has 5 rings (SSSR count). The van der Waals surface area contributed by atoms with Gasteiger partial charge in [-0.05, 0) is 42.0 Å². The molecule has 0 spiro atoms. The number of aryl methyl sites for hydroxylation is 1. The van der Waals surface area contributed by atoms with Gasteiger partial charge < -0.3 is 10.0 Å². The van der Waals surface area contributed by atoms with Crippen LogP contribution in [0, 0.1) is 6.92 Å². The number of rotatable bonds is 5. The molecule has 2 aliphatic heterocycles. The van der Waals surface area contributed by atoms with E-state index in [-0.39, 0.29) is 24.0 Å². The lowest BCUT2D eigenvalue weighted by molar-refractivity contribution is -0.143. The van der Waals surface area contributed by atoms with Crippen molar-refractivity contribution in [2.75, 3.05) is 31.9 Å². The number of sulfone groups is 1. The lowest BCUT2D eigenvalue weighted by Gasteiger charge is -2.39. The van der Waals surface area contributed by atoms with Crippen molar-refractivity contribution >= 4 is 44.1 Å². The number of halogens is 1. The molecule has 0 unspecified atom stereocenters. The van der Waals surface area contributed by atoms with Gasteiger partial charge in [0, 0.05) is 31.2 Å². The molecular weight excluding hydrogens is 494 g/mol. The average Bonchev–Trinajstić information content (AvgIpc) is 3.37. The lowest BCUT2D eigenvalue weighted by atomic mass is 10.1.